The van der Waals surface area contributed by atoms with Gasteiger partial charge in [0.2, 0.25) is 0 Å². The second-order valence-electron chi connectivity index (χ2n) is 13.0. The van der Waals surface area contributed by atoms with Crippen LogP contribution in [0.3, 0.4) is 0 Å². The van der Waals surface area contributed by atoms with Gasteiger partial charge in [0.15, 0.2) is 0 Å². The molecule has 6 atom stereocenters. The summed E-state index contributed by atoms with van der Waals surface area (Å²) in [4.78, 5) is 68.8. The van der Waals surface area contributed by atoms with Crippen molar-refractivity contribution in [3.05, 3.63) is 18.1 Å². The maximum absolute atomic E-state index is 12.4. The predicted molar refractivity (Wildman–Crippen MR) is 223 cm³/mol. The van der Waals surface area contributed by atoms with Crippen molar-refractivity contribution >= 4 is 94.5 Å². The van der Waals surface area contributed by atoms with Crippen molar-refractivity contribution in [2.45, 2.75) is 89.4 Å². The van der Waals surface area contributed by atoms with Gasteiger partial charge in [0.25, 0.3) is 0 Å². The summed E-state index contributed by atoms with van der Waals surface area (Å²) in [7, 11) is -14.1. The van der Waals surface area contributed by atoms with Crippen LogP contribution in [0.25, 0.3) is 11.0 Å². The number of carbonyl (C=O) groups is 2. The Bertz CT molecular complexity index is 1960. The molecule has 0 spiro atoms. The minimum Gasteiger partial charge on any atom is -0.466 e. The first-order chi connectivity index (χ1) is 27.6. The Morgan fingerprint density at radius 3 is 2.53 bits per heavy atom. The van der Waals surface area contributed by atoms with Gasteiger partial charge < -0.3 is 53.6 Å². The molecular formula is C31H49N4O17P3S4. The molecule has 1 aliphatic heterocycles. The lowest BCUT2D eigenvalue weighted by Crippen LogP contribution is -2.30. The van der Waals surface area contributed by atoms with Gasteiger partial charge in [-0.25, -0.2) is 23.7 Å². The number of hydrogen-bond acceptors (Lipinski definition) is 19. The molecule has 0 aromatic carbocycles. The van der Waals surface area contributed by atoms with Crippen LogP contribution in [0.5, 0.6) is 0 Å². The summed E-state index contributed by atoms with van der Waals surface area (Å²) in [6.45, 7) is 7.80. The number of aromatic nitrogens is 3. The van der Waals surface area contributed by atoms with Crippen LogP contribution in [-0.4, -0.2) is 107 Å². The molecule has 2 aromatic heterocycles. The summed E-state index contributed by atoms with van der Waals surface area (Å²) in [5, 5.41) is 0.403. The smallest absolute Gasteiger partial charge is 0.466 e. The Morgan fingerprint density at radius 2 is 1.83 bits per heavy atom. The first-order valence-electron chi connectivity index (χ1n) is 17.8. The number of nitrogens with two attached hydrogens (primary N) is 1. The third-order valence-corrected chi connectivity index (χ3v) is 16.6. The molecule has 1 aliphatic rings. The Balaban J connectivity index is 1.54. The van der Waals surface area contributed by atoms with Gasteiger partial charge in [0, 0.05) is 37.3 Å². The van der Waals surface area contributed by atoms with Crippen LogP contribution in [0, 0.1) is 11.8 Å². The fourth-order valence-corrected chi connectivity index (χ4v) is 10.9. The van der Waals surface area contributed by atoms with Gasteiger partial charge in [-0.1, -0.05) is 49.8 Å². The number of anilines is 1. The fraction of sp³-hybridized carbons (Fsp3) is 0.677. The highest BCUT2D eigenvalue weighted by Crippen LogP contribution is 2.66. The van der Waals surface area contributed by atoms with E-state index in [-0.39, 0.29) is 48.3 Å². The molecule has 28 heteroatoms. The Morgan fingerprint density at radius 1 is 1.10 bits per heavy atom. The zero-order valence-electron chi connectivity index (χ0n) is 32.6. The number of phosphoric ester groups is 1. The number of esters is 2. The molecule has 59 heavy (non-hydrogen) atoms. The summed E-state index contributed by atoms with van der Waals surface area (Å²) < 4.78 is 77.3. The van der Waals surface area contributed by atoms with E-state index in [2.05, 4.69) is 44.3 Å². The van der Waals surface area contributed by atoms with Gasteiger partial charge >= 0.3 is 35.4 Å². The molecule has 0 bridgehead atoms. The van der Waals surface area contributed by atoms with E-state index in [0.717, 1.165) is 6.42 Å². The standard InChI is InChI=1S/C31H49N4O17P3S4/c1-5-59(56)21-48-24-16-26(50-25(24)18-49-54(41,42)52-55(43,44)51-53(38,39)40)35-17-23(28-29(32)33-19-34-30(28)35)10-6-7-11-27(37)47-14-9-8-13-45-20-57-58-31(3,4)12-15-46-22(2)36/h17,19,24-26H,5,7-9,11-16,18,20-21H2,1-4H3,(H,41,42)(H,43,44)(H2,32,33,34)(H2,38,39,40)/t24-,25+,26+,59?/m0/s1. The van der Waals surface area contributed by atoms with Gasteiger partial charge in [-0.3, -0.25) is 14.1 Å². The Kier molecular flexibility index (Phi) is 21.4. The second-order valence-corrected chi connectivity index (χ2v) is 23.5. The van der Waals surface area contributed by atoms with Crippen LogP contribution in [0.15, 0.2) is 12.5 Å². The van der Waals surface area contributed by atoms with Crippen molar-refractivity contribution in [2.75, 3.05) is 49.8 Å². The zero-order chi connectivity index (χ0) is 43.9. The molecule has 3 heterocycles. The van der Waals surface area contributed by atoms with E-state index in [1.54, 1.807) is 32.4 Å². The van der Waals surface area contributed by atoms with Gasteiger partial charge in [0.05, 0.1) is 49.2 Å². The maximum Gasteiger partial charge on any atom is 0.490 e. The quantitative estimate of drug-likeness (QED) is 0.0214. The van der Waals surface area contributed by atoms with E-state index in [1.165, 1.54) is 13.3 Å². The Labute approximate surface area is 356 Å². The number of phosphoric acid groups is 3. The summed E-state index contributed by atoms with van der Waals surface area (Å²) in [5.74, 6) is 6.62. The first kappa shape index (κ1) is 51.8. The third-order valence-electron chi connectivity index (χ3n) is 7.73. The summed E-state index contributed by atoms with van der Waals surface area (Å²) >= 11 is 5.37. The maximum atomic E-state index is 12.4. The van der Waals surface area contributed by atoms with Crippen LogP contribution in [0.2, 0.25) is 0 Å². The molecule has 0 saturated carbocycles. The van der Waals surface area contributed by atoms with Crippen molar-refractivity contribution in [2.24, 2.45) is 0 Å². The lowest BCUT2D eigenvalue weighted by molar-refractivity contribution is -0.144. The molecule has 334 valence electrons. The molecule has 2 aromatic rings. The van der Waals surface area contributed by atoms with E-state index in [9.17, 15) is 33.1 Å². The molecule has 1 fully saturated rings. The van der Waals surface area contributed by atoms with Crippen LogP contribution in [0.4, 0.5) is 5.82 Å². The summed E-state index contributed by atoms with van der Waals surface area (Å²) in [5.41, 5.74) is 6.96. The van der Waals surface area contributed by atoms with Crippen molar-refractivity contribution in [3.63, 3.8) is 0 Å². The number of ether oxygens (including phenoxy) is 5. The SMILES string of the molecule is CCS(=S)CO[C@H]1C[C@H](n2cc(C#CCCC(=O)OCCCCOCSSC(C)(C)CCOC(C)=O)c3c(N)ncnc32)O[C@@H]1COP(=O)(O)OP(=O)(O)OP(=O)(O)O. The molecule has 1 saturated heterocycles. The molecule has 21 nitrogen and oxygen atoms in total. The van der Waals surface area contributed by atoms with Gasteiger partial charge in [0.1, 0.15) is 36.1 Å². The fourth-order valence-electron chi connectivity index (χ4n) is 4.98. The minimum atomic E-state index is -5.74. The van der Waals surface area contributed by atoms with E-state index in [1.807, 2.05) is 6.92 Å². The molecule has 6 N–H and O–H groups in total. The first-order valence-corrected chi connectivity index (χ1v) is 27.1. The zero-order valence-corrected chi connectivity index (χ0v) is 38.5. The number of hydrogen-bond donors (Lipinski definition) is 5. The van der Waals surface area contributed by atoms with Crippen molar-refractivity contribution in [1.29, 1.82) is 0 Å². The van der Waals surface area contributed by atoms with Crippen LogP contribution < -0.4 is 5.73 Å². The van der Waals surface area contributed by atoms with E-state index >= 15 is 0 Å². The number of fused-ring (bicyclic) bond motifs is 1. The topological polar surface area (TPSA) is 297 Å². The van der Waals surface area contributed by atoms with Crippen molar-refractivity contribution in [1.82, 2.24) is 14.5 Å². The average molecular weight is 971 g/mol. The highest BCUT2D eigenvalue weighted by atomic mass is 33.1. The minimum absolute atomic E-state index is 0.0412. The molecule has 3 unspecified atom stereocenters. The highest BCUT2D eigenvalue weighted by Gasteiger charge is 2.44. The molecule has 0 radical (unpaired) electrons. The number of unbranched alkanes of at least 4 members (excludes halogenated alkanes) is 1. The van der Waals surface area contributed by atoms with Gasteiger partial charge in [-0.05, 0) is 50.1 Å². The van der Waals surface area contributed by atoms with Crippen molar-refractivity contribution in [3.8, 4) is 11.8 Å². The molecular weight excluding hydrogens is 922 g/mol. The largest absolute Gasteiger partial charge is 0.490 e. The van der Waals surface area contributed by atoms with E-state index < -0.39 is 63.9 Å². The van der Waals surface area contributed by atoms with E-state index in [4.69, 9.17) is 54.9 Å². The van der Waals surface area contributed by atoms with Crippen LogP contribution in [0.1, 0.15) is 78.0 Å². The molecule has 3 rings (SSSR count). The van der Waals surface area contributed by atoms with Crippen LogP contribution >= 0.6 is 45.1 Å². The lowest BCUT2D eigenvalue weighted by atomic mass is 10.1. The second kappa shape index (κ2) is 24.4. The molecule has 0 amide bonds. The van der Waals surface area contributed by atoms with E-state index in [0.29, 0.717) is 54.3 Å². The number of rotatable bonds is 26. The molecule has 0 aliphatic carbocycles. The highest BCUT2D eigenvalue weighted by molar-refractivity contribution is 8.77. The van der Waals surface area contributed by atoms with Gasteiger partial charge in [-0.2, -0.15) is 8.62 Å². The number of nitrogen functional groups attached to an aromatic ring is 1. The lowest BCUT2D eigenvalue weighted by Gasteiger charge is -2.22. The average Bonchev–Trinajstić information content (AvgIpc) is 3.70. The summed E-state index contributed by atoms with van der Waals surface area (Å²) in [6.07, 6.45) is 2.54. The normalized spacial score (nSPS) is 19.7. The number of carbonyl (C=O) groups excluding carboxylic acids is 2. The number of nitrogens with zero attached hydrogens (tertiary/aromatic N) is 3. The summed E-state index contributed by atoms with van der Waals surface area (Å²) in [6, 6.07) is 0. The third kappa shape index (κ3) is 19.6. The predicted octanol–water partition coefficient (Wildman–Crippen LogP) is 4.63. The Hall–Kier alpha value is -1.52. The van der Waals surface area contributed by atoms with Crippen LogP contribution in [-0.2, 0) is 80.8 Å². The van der Waals surface area contributed by atoms with Crippen molar-refractivity contribution < 1.29 is 79.7 Å². The monoisotopic (exact) mass is 970 g/mol. The van der Waals surface area contributed by atoms with Gasteiger partial charge in [-0.15, -0.1) is 0 Å².